The van der Waals surface area contributed by atoms with Crippen LogP contribution in [0.15, 0.2) is 63.1 Å². The lowest BCUT2D eigenvalue weighted by molar-refractivity contribution is 0.00578. The molecular weight excluding hydrogens is 723 g/mol. The lowest BCUT2D eigenvalue weighted by Gasteiger charge is -2.32. The summed E-state index contributed by atoms with van der Waals surface area (Å²) in [5.41, 5.74) is -0.494. The molecule has 0 radical (unpaired) electrons. The fourth-order valence-corrected chi connectivity index (χ4v) is 8.72. The fourth-order valence-electron chi connectivity index (χ4n) is 4.90. The Bertz CT molecular complexity index is 1300. The maximum absolute atomic E-state index is 6.09. The summed E-state index contributed by atoms with van der Waals surface area (Å²) in [6, 6.07) is 17.3. The molecule has 3 nitrogen and oxygen atoms in total. The highest BCUT2D eigenvalue weighted by Crippen LogP contribution is 2.37. The first-order chi connectivity index (χ1) is 22.6. The van der Waals surface area contributed by atoms with Gasteiger partial charge in [-0.2, -0.15) is 0 Å². The third-order valence-electron chi connectivity index (χ3n) is 8.46. The number of thiophene rings is 4. The summed E-state index contributed by atoms with van der Waals surface area (Å²) >= 11 is 10.6. The van der Waals surface area contributed by atoms with Crippen molar-refractivity contribution in [1.82, 2.24) is 0 Å². The van der Waals surface area contributed by atoms with Gasteiger partial charge >= 0.3 is 7.12 Å². The number of hydrogen-bond acceptors (Lipinski definition) is 7. The molecule has 0 aliphatic carbocycles. The first-order valence-corrected chi connectivity index (χ1v) is 21.7. The van der Waals surface area contributed by atoms with Crippen molar-refractivity contribution in [3.63, 3.8) is 0 Å². The van der Waals surface area contributed by atoms with Gasteiger partial charge in [0.15, 0.2) is 0 Å². The van der Waals surface area contributed by atoms with Crippen LogP contribution >= 0.6 is 61.3 Å². The topological polar surface area (TPSA) is 27.7 Å². The standard InChI is InChI=1S/C16H27BO2S.C14H18S2.C4H3BrS.C4H8O/c1-6-7-8-9-10-13-11-12-14(20-13)17-18-15(2,3)16(4,5)19-17;1-2-3-4-5-7-12-9-10-14(16-12)13-8-6-11-15-13;5-4-2-1-3-6-4;1-2-4-5-3-1/h11-12H,6-10H2,1-5H3;6,8-11H,2-5,7H2,1H3;1-3H;1-4H2. The molecule has 47 heavy (non-hydrogen) atoms. The molecule has 0 saturated carbocycles. The van der Waals surface area contributed by atoms with E-state index in [0.717, 1.165) is 13.2 Å². The van der Waals surface area contributed by atoms with E-state index in [1.54, 1.807) is 16.2 Å². The molecule has 2 saturated heterocycles. The van der Waals surface area contributed by atoms with E-state index in [9.17, 15) is 0 Å². The molecule has 260 valence electrons. The molecule has 4 aromatic heterocycles. The minimum absolute atomic E-state index is 0.200. The van der Waals surface area contributed by atoms with Crippen LogP contribution in [0.25, 0.3) is 9.75 Å². The van der Waals surface area contributed by atoms with Crippen LogP contribution in [0.5, 0.6) is 0 Å². The van der Waals surface area contributed by atoms with Crippen molar-refractivity contribution in [1.29, 1.82) is 0 Å². The highest BCUT2D eigenvalue weighted by molar-refractivity contribution is 9.11. The number of aryl methyl sites for hydroxylation is 2. The maximum atomic E-state index is 6.09. The van der Waals surface area contributed by atoms with Crippen molar-refractivity contribution in [2.75, 3.05) is 13.2 Å². The molecule has 0 atom stereocenters. The molecule has 2 aliphatic heterocycles. The van der Waals surface area contributed by atoms with Crippen LogP contribution in [0.4, 0.5) is 0 Å². The first-order valence-electron chi connectivity index (χ1n) is 17.5. The summed E-state index contributed by atoms with van der Waals surface area (Å²) in [5, 5.41) is 4.18. The molecule has 0 unspecified atom stereocenters. The molecule has 2 fully saturated rings. The number of unbranched alkanes of at least 4 members (excludes halogenated alkanes) is 6. The summed E-state index contributed by atoms with van der Waals surface area (Å²) < 4.78 is 19.5. The monoisotopic (exact) mass is 778 g/mol. The Morgan fingerprint density at radius 1 is 0.660 bits per heavy atom. The number of halogens is 1. The van der Waals surface area contributed by atoms with E-state index < -0.39 is 0 Å². The second-order valence-corrected chi connectivity index (χ2v) is 18.6. The molecule has 0 amide bonds. The third-order valence-corrected chi connectivity index (χ3v) is 13.3. The van der Waals surface area contributed by atoms with Crippen LogP contribution < -0.4 is 4.78 Å². The van der Waals surface area contributed by atoms with Gasteiger partial charge < -0.3 is 14.0 Å². The Balaban J connectivity index is 0.000000195. The highest BCUT2D eigenvalue weighted by atomic mass is 79.9. The smallest absolute Gasteiger partial charge is 0.399 e. The Kier molecular flexibility index (Phi) is 19.1. The van der Waals surface area contributed by atoms with Crippen LogP contribution in [0, 0.1) is 0 Å². The molecule has 9 heteroatoms. The highest BCUT2D eigenvalue weighted by Gasteiger charge is 2.52. The lowest BCUT2D eigenvalue weighted by atomic mass is 9.88. The van der Waals surface area contributed by atoms with E-state index in [2.05, 4.69) is 99.3 Å². The van der Waals surface area contributed by atoms with E-state index in [1.165, 1.54) is 100 Å². The van der Waals surface area contributed by atoms with Crippen LogP contribution in [0.3, 0.4) is 0 Å². The van der Waals surface area contributed by atoms with Gasteiger partial charge in [0.1, 0.15) is 0 Å². The van der Waals surface area contributed by atoms with Crippen LogP contribution in [0.2, 0.25) is 0 Å². The third kappa shape index (κ3) is 14.9. The average molecular weight is 780 g/mol. The Hall–Kier alpha value is -0.775. The van der Waals surface area contributed by atoms with Crippen molar-refractivity contribution in [2.45, 2.75) is 130 Å². The molecule has 4 aromatic rings. The van der Waals surface area contributed by atoms with E-state index in [1.807, 2.05) is 51.5 Å². The van der Waals surface area contributed by atoms with Gasteiger partial charge in [-0.3, -0.25) is 0 Å². The molecule has 0 aromatic carbocycles. The van der Waals surface area contributed by atoms with Crippen molar-refractivity contribution in [3.05, 3.63) is 72.8 Å². The molecule has 6 heterocycles. The van der Waals surface area contributed by atoms with Gasteiger partial charge in [0.25, 0.3) is 0 Å². The van der Waals surface area contributed by atoms with Gasteiger partial charge in [0, 0.05) is 37.5 Å². The van der Waals surface area contributed by atoms with Crippen LogP contribution in [-0.4, -0.2) is 31.5 Å². The molecule has 0 spiro atoms. The van der Waals surface area contributed by atoms with Crippen molar-refractivity contribution in [3.8, 4) is 9.75 Å². The largest absolute Gasteiger partial charge is 0.505 e. The van der Waals surface area contributed by atoms with Gasteiger partial charge in [-0.05, 0) is 123 Å². The minimum Gasteiger partial charge on any atom is -0.399 e. The van der Waals surface area contributed by atoms with Gasteiger partial charge in [0.2, 0.25) is 0 Å². The summed E-state index contributed by atoms with van der Waals surface area (Å²) in [6.07, 6.45) is 15.7. The quantitative estimate of drug-likeness (QED) is 0.106. The van der Waals surface area contributed by atoms with Gasteiger partial charge in [-0.1, -0.05) is 70.6 Å². The number of hydrogen-bond donors (Lipinski definition) is 0. The van der Waals surface area contributed by atoms with E-state index in [4.69, 9.17) is 14.0 Å². The normalized spacial score (nSPS) is 16.1. The number of rotatable bonds is 12. The zero-order valence-corrected chi connectivity index (χ0v) is 34.3. The van der Waals surface area contributed by atoms with Gasteiger partial charge in [-0.15, -0.1) is 45.3 Å². The predicted molar refractivity (Wildman–Crippen MR) is 215 cm³/mol. The first kappa shape index (κ1) is 40.7. The molecular formula is C38H56BBrO3S4. The molecule has 6 rings (SSSR count). The zero-order valence-electron chi connectivity index (χ0n) is 29.5. The van der Waals surface area contributed by atoms with Gasteiger partial charge in [0.05, 0.1) is 15.0 Å². The van der Waals surface area contributed by atoms with Crippen molar-refractivity contribution in [2.24, 2.45) is 0 Å². The number of ether oxygens (including phenoxy) is 1. The minimum atomic E-state index is -0.247. The SMILES string of the molecule is Brc1cccs1.C1CCOC1.CCCCCCc1ccc(-c2cccs2)s1.CCCCCCc1ccc(B2OC(C)(C)C(C)(C)O2)s1. The second kappa shape index (κ2) is 22.1. The maximum Gasteiger partial charge on any atom is 0.505 e. The summed E-state index contributed by atoms with van der Waals surface area (Å²) in [7, 11) is -0.200. The van der Waals surface area contributed by atoms with Gasteiger partial charge in [-0.25, -0.2) is 0 Å². The Morgan fingerprint density at radius 2 is 1.23 bits per heavy atom. The molecule has 0 bridgehead atoms. The van der Waals surface area contributed by atoms with E-state index in [0.29, 0.717) is 0 Å². The van der Waals surface area contributed by atoms with Crippen LogP contribution in [0.1, 0.15) is 116 Å². The summed E-state index contributed by atoms with van der Waals surface area (Å²) in [6.45, 7) is 14.9. The molecule has 0 N–H and O–H groups in total. The zero-order chi connectivity index (χ0) is 34.0. The fraction of sp³-hybridized carbons (Fsp3) is 0.579. The lowest BCUT2D eigenvalue weighted by Crippen LogP contribution is -2.41. The van der Waals surface area contributed by atoms with Crippen LogP contribution in [-0.2, 0) is 26.9 Å². The van der Waals surface area contributed by atoms with E-state index in [-0.39, 0.29) is 18.3 Å². The van der Waals surface area contributed by atoms with Crippen molar-refractivity contribution >= 4 is 73.2 Å². The predicted octanol–water partition coefficient (Wildman–Crippen LogP) is 13.1. The summed E-state index contributed by atoms with van der Waals surface area (Å²) in [4.78, 5) is 5.83. The van der Waals surface area contributed by atoms with E-state index >= 15 is 0 Å². The Labute approximate surface area is 310 Å². The Morgan fingerprint density at radius 3 is 1.70 bits per heavy atom. The average Bonchev–Trinajstić information content (AvgIpc) is 3.87. The van der Waals surface area contributed by atoms with Crippen molar-refractivity contribution < 1.29 is 14.0 Å². The second-order valence-electron chi connectivity index (χ2n) is 13.0. The summed E-state index contributed by atoms with van der Waals surface area (Å²) in [5.74, 6) is 0. The molecule has 2 aliphatic rings.